The van der Waals surface area contributed by atoms with E-state index in [2.05, 4.69) is 10.7 Å². The van der Waals surface area contributed by atoms with Crippen LogP contribution in [0.2, 0.25) is 0 Å². The Hall–Kier alpha value is -2.33. The summed E-state index contributed by atoms with van der Waals surface area (Å²) in [5, 5.41) is 0. The van der Waals surface area contributed by atoms with Crippen LogP contribution in [0.1, 0.15) is 5.82 Å². The van der Waals surface area contributed by atoms with Crippen LogP contribution in [0.25, 0.3) is 0 Å². The quantitative estimate of drug-likeness (QED) is 0.771. The van der Waals surface area contributed by atoms with Crippen molar-refractivity contribution in [2.45, 2.75) is 13.5 Å². The SMILES string of the molecule is Cc1nc(=O)c(F)cn1CC1=CC(F)=C=CC(F)=C1. The zero-order valence-electron chi connectivity index (χ0n) is 9.95. The third-order valence-electron chi connectivity index (χ3n) is 2.49. The van der Waals surface area contributed by atoms with Crippen molar-refractivity contribution in [3.05, 3.63) is 69.4 Å². The number of allylic oxidation sites excluding steroid dienone is 5. The average Bonchev–Trinajstić information content (AvgIpc) is 2.48. The lowest BCUT2D eigenvalue weighted by Gasteiger charge is -2.10. The maximum absolute atomic E-state index is 13.2. The molecule has 19 heavy (non-hydrogen) atoms. The summed E-state index contributed by atoms with van der Waals surface area (Å²) < 4.78 is 40.8. The molecule has 1 aromatic rings. The fourth-order valence-corrected chi connectivity index (χ4v) is 1.60. The lowest BCUT2D eigenvalue weighted by Crippen LogP contribution is -2.19. The third-order valence-corrected chi connectivity index (χ3v) is 2.49. The highest BCUT2D eigenvalue weighted by Crippen LogP contribution is 2.15. The number of rotatable bonds is 2. The number of aryl methyl sites for hydroxylation is 1. The summed E-state index contributed by atoms with van der Waals surface area (Å²) in [7, 11) is 0. The first-order valence-corrected chi connectivity index (χ1v) is 5.39. The summed E-state index contributed by atoms with van der Waals surface area (Å²) in [6.07, 6.45) is 4.01. The van der Waals surface area contributed by atoms with Gasteiger partial charge in [-0.1, -0.05) is 5.73 Å². The molecule has 1 heterocycles. The number of hydrogen-bond donors (Lipinski definition) is 0. The van der Waals surface area contributed by atoms with Gasteiger partial charge >= 0.3 is 5.56 Å². The molecule has 0 saturated heterocycles. The van der Waals surface area contributed by atoms with Gasteiger partial charge in [0.1, 0.15) is 11.7 Å². The van der Waals surface area contributed by atoms with Gasteiger partial charge in [0.25, 0.3) is 0 Å². The van der Waals surface area contributed by atoms with Gasteiger partial charge in [-0.25, -0.2) is 4.39 Å². The van der Waals surface area contributed by atoms with Crippen LogP contribution in [0.15, 0.2) is 52.2 Å². The largest absolute Gasteiger partial charge is 0.329 e. The predicted molar refractivity (Wildman–Crippen MR) is 63.2 cm³/mol. The molecule has 0 bridgehead atoms. The second kappa shape index (κ2) is 5.12. The molecular formula is C13H9F3N2O. The Morgan fingerprint density at radius 3 is 2.79 bits per heavy atom. The molecule has 3 nitrogen and oxygen atoms in total. The second-order valence-electron chi connectivity index (χ2n) is 3.95. The molecule has 0 radical (unpaired) electrons. The van der Waals surface area contributed by atoms with E-state index in [9.17, 15) is 18.0 Å². The Bertz CT molecular complexity index is 707. The zero-order chi connectivity index (χ0) is 14.0. The molecule has 2 rings (SSSR count). The highest BCUT2D eigenvalue weighted by molar-refractivity contribution is 5.34. The van der Waals surface area contributed by atoms with Crippen molar-refractivity contribution >= 4 is 0 Å². The summed E-state index contributed by atoms with van der Waals surface area (Å²) in [5.74, 6) is -2.15. The first kappa shape index (κ1) is 13.1. The Balaban J connectivity index is 2.38. The number of halogens is 3. The topological polar surface area (TPSA) is 34.9 Å². The molecule has 1 aliphatic carbocycles. The molecule has 0 atom stereocenters. The number of aromatic nitrogens is 2. The average molecular weight is 266 g/mol. The molecule has 0 unspecified atom stereocenters. The Kier molecular flexibility index (Phi) is 3.53. The van der Waals surface area contributed by atoms with Crippen LogP contribution in [-0.2, 0) is 6.54 Å². The van der Waals surface area contributed by atoms with Gasteiger partial charge in [0, 0.05) is 18.8 Å². The van der Waals surface area contributed by atoms with Crippen molar-refractivity contribution in [1.29, 1.82) is 0 Å². The van der Waals surface area contributed by atoms with Crippen LogP contribution in [0, 0.1) is 12.7 Å². The fourth-order valence-electron chi connectivity index (χ4n) is 1.60. The van der Waals surface area contributed by atoms with Gasteiger partial charge in [0.15, 0.2) is 5.83 Å². The normalized spacial score (nSPS) is 14.6. The third kappa shape index (κ3) is 3.11. The molecule has 0 saturated carbocycles. The lowest BCUT2D eigenvalue weighted by molar-refractivity contribution is 0.566. The van der Waals surface area contributed by atoms with E-state index in [4.69, 9.17) is 0 Å². The molecule has 0 amide bonds. The minimum atomic E-state index is -1.02. The summed E-state index contributed by atoms with van der Waals surface area (Å²) in [5.41, 5.74) is 1.41. The van der Waals surface area contributed by atoms with E-state index in [1.807, 2.05) is 0 Å². The summed E-state index contributed by atoms with van der Waals surface area (Å²) in [6, 6.07) is 0. The van der Waals surface area contributed by atoms with E-state index < -0.39 is 23.0 Å². The van der Waals surface area contributed by atoms with Crippen molar-refractivity contribution in [1.82, 2.24) is 9.55 Å². The van der Waals surface area contributed by atoms with Crippen molar-refractivity contribution in [3.8, 4) is 0 Å². The van der Waals surface area contributed by atoms with E-state index in [0.717, 1.165) is 24.4 Å². The van der Waals surface area contributed by atoms with Crippen molar-refractivity contribution in [2.24, 2.45) is 0 Å². The van der Waals surface area contributed by atoms with E-state index >= 15 is 0 Å². The maximum atomic E-state index is 13.2. The monoisotopic (exact) mass is 266 g/mol. The Morgan fingerprint density at radius 1 is 1.32 bits per heavy atom. The van der Waals surface area contributed by atoms with Crippen LogP contribution >= 0.6 is 0 Å². The number of hydrogen-bond acceptors (Lipinski definition) is 2. The summed E-state index contributed by atoms with van der Waals surface area (Å²) in [4.78, 5) is 14.4. The molecular weight excluding hydrogens is 257 g/mol. The van der Waals surface area contributed by atoms with E-state index in [1.54, 1.807) is 0 Å². The summed E-state index contributed by atoms with van der Waals surface area (Å²) in [6.45, 7) is 1.50. The van der Waals surface area contributed by atoms with Gasteiger partial charge in [-0.3, -0.25) is 4.79 Å². The lowest BCUT2D eigenvalue weighted by atomic mass is 10.2. The highest BCUT2D eigenvalue weighted by atomic mass is 19.1. The fraction of sp³-hybridized carbons (Fsp3) is 0.154. The van der Waals surface area contributed by atoms with Gasteiger partial charge < -0.3 is 4.57 Å². The van der Waals surface area contributed by atoms with Gasteiger partial charge in [0.2, 0.25) is 5.82 Å². The Labute approximate surface area is 106 Å². The molecule has 0 spiro atoms. The van der Waals surface area contributed by atoms with Crippen molar-refractivity contribution in [2.75, 3.05) is 0 Å². The minimum Gasteiger partial charge on any atom is -0.329 e. The van der Waals surface area contributed by atoms with E-state index in [0.29, 0.717) is 0 Å². The predicted octanol–water partition coefficient (Wildman–Crippen LogP) is 2.49. The van der Waals surface area contributed by atoms with Gasteiger partial charge in [-0.2, -0.15) is 13.8 Å². The van der Waals surface area contributed by atoms with E-state index in [-0.39, 0.29) is 17.9 Å². The molecule has 1 aromatic heterocycles. The van der Waals surface area contributed by atoms with Gasteiger partial charge in [-0.15, -0.1) is 0 Å². The molecule has 0 N–H and O–H groups in total. The molecule has 0 fully saturated rings. The molecule has 1 aliphatic rings. The summed E-state index contributed by atoms with van der Waals surface area (Å²) >= 11 is 0. The maximum Gasteiger partial charge on any atom is 0.308 e. The van der Waals surface area contributed by atoms with Crippen LogP contribution < -0.4 is 5.56 Å². The second-order valence-corrected chi connectivity index (χ2v) is 3.95. The first-order chi connectivity index (χ1) is 8.95. The molecule has 6 heteroatoms. The van der Waals surface area contributed by atoms with Crippen LogP contribution in [-0.4, -0.2) is 9.55 Å². The van der Waals surface area contributed by atoms with Crippen molar-refractivity contribution < 1.29 is 13.2 Å². The minimum absolute atomic E-state index is 0.00755. The zero-order valence-corrected chi connectivity index (χ0v) is 9.95. The smallest absolute Gasteiger partial charge is 0.308 e. The van der Waals surface area contributed by atoms with E-state index in [1.165, 1.54) is 11.5 Å². The van der Waals surface area contributed by atoms with Gasteiger partial charge in [0.05, 0.1) is 0 Å². The van der Waals surface area contributed by atoms with Crippen LogP contribution in [0.3, 0.4) is 0 Å². The van der Waals surface area contributed by atoms with Crippen molar-refractivity contribution in [3.63, 3.8) is 0 Å². The standard InChI is InChI=1S/C13H9F3N2O/c1-8-17-13(19)12(16)7-18(8)6-9-4-10(14)2-3-11(15)5-9/h2,4-5,7H,6H2,1H3. The highest BCUT2D eigenvalue weighted by Gasteiger charge is 2.08. The molecule has 98 valence electrons. The number of nitrogens with zero attached hydrogens (tertiary/aromatic N) is 2. The van der Waals surface area contributed by atoms with Crippen LogP contribution in [0.5, 0.6) is 0 Å². The first-order valence-electron chi connectivity index (χ1n) is 5.39. The Morgan fingerprint density at radius 2 is 2.05 bits per heavy atom. The molecule has 0 aliphatic heterocycles. The van der Waals surface area contributed by atoms with Crippen LogP contribution in [0.4, 0.5) is 13.2 Å². The molecule has 0 aromatic carbocycles. The van der Waals surface area contributed by atoms with Gasteiger partial charge in [-0.05, 0) is 24.6 Å².